The number of amides is 2. The molecule has 0 aliphatic carbocycles. The van der Waals surface area contributed by atoms with Crippen LogP contribution in [0.25, 0.3) is 0 Å². The van der Waals surface area contributed by atoms with Crippen molar-refractivity contribution in [2.75, 3.05) is 24.4 Å². The highest BCUT2D eigenvalue weighted by molar-refractivity contribution is 5.94. The predicted molar refractivity (Wildman–Crippen MR) is 92.6 cm³/mol. The first kappa shape index (κ1) is 17.6. The van der Waals surface area contributed by atoms with Crippen molar-refractivity contribution in [3.8, 4) is 5.75 Å². The maximum Gasteiger partial charge on any atom is 0.333 e. The quantitative estimate of drug-likeness (QED) is 0.447. The number of hydrazine groups is 1. The SMILES string of the molecule is COc1cccc(NC(=O)NN)c1N(C)Cc1c(C)cccc1F. The molecule has 0 unspecified atom stereocenters. The van der Waals surface area contributed by atoms with Gasteiger partial charge in [0.1, 0.15) is 17.3 Å². The Morgan fingerprint density at radius 2 is 2.00 bits per heavy atom. The van der Waals surface area contributed by atoms with Gasteiger partial charge in [0.25, 0.3) is 0 Å². The molecule has 0 aliphatic heterocycles. The van der Waals surface area contributed by atoms with Gasteiger partial charge < -0.3 is 15.0 Å². The topological polar surface area (TPSA) is 79.6 Å². The fraction of sp³-hybridized carbons (Fsp3) is 0.235. The van der Waals surface area contributed by atoms with Gasteiger partial charge in [-0.1, -0.05) is 18.2 Å². The van der Waals surface area contributed by atoms with Gasteiger partial charge in [-0.15, -0.1) is 0 Å². The van der Waals surface area contributed by atoms with Gasteiger partial charge >= 0.3 is 6.03 Å². The van der Waals surface area contributed by atoms with Crippen LogP contribution in [0, 0.1) is 12.7 Å². The molecule has 0 fully saturated rings. The van der Waals surface area contributed by atoms with Crippen molar-refractivity contribution < 1.29 is 13.9 Å². The second-order valence-corrected chi connectivity index (χ2v) is 5.35. The van der Waals surface area contributed by atoms with Gasteiger partial charge in [0.05, 0.1) is 12.8 Å². The molecule has 2 aromatic rings. The molecule has 0 aromatic heterocycles. The number of carbonyl (C=O) groups is 1. The smallest absolute Gasteiger partial charge is 0.333 e. The normalized spacial score (nSPS) is 10.2. The molecule has 6 nitrogen and oxygen atoms in total. The minimum absolute atomic E-state index is 0.272. The molecule has 0 saturated carbocycles. The van der Waals surface area contributed by atoms with E-state index in [2.05, 4.69) is 5.32 Å². The molecule has 24 heavy (non-hydrogen) atoms. The van der Waals surface area contributed by atoms with Gasteiger partial charge in [0, 0.05) is 19.2 Å². The number of nitrogens with zero attached hydrogens (tertiary/aromatic N) is 1. The van der Waals surface area contributed by atoms with Crippen LogP contribution in [0.5, 0.6) is 5.75 Å². The van der Waals surface area contributed by atoms with E-state index in [9.17, 15) is 9.18 Å². The summed E-state index contributed by atoms with van der Waals surface area (Å²) in [6, 6.07) is 9.64. The zero-order valence-corrected chi connectivity index (χ0v) is 13.9. The van der Waals surface area contributed by atoms with Gasteiger partial charge in [-0.3, -0.25) is 5.43 Å². The number of para-hydroxylation sites is 1. The van der Waals surface area contributed by atoms with E-state index >= 15 is 0 Å². The highest BCUT2D eigenvalue weighted by atomic mass is 19.1. The van der Waals surface area contributed by atoms with E-state index < -0.39 is 6.03 Å². The van der Waals surface area contributed by atoms with Gasteiger partial charge in [-0.05, 0) is 30.7 Å². The van der Waals surface area contributed by atoms with Crippen LogP contribution >= 0.6 is 0 Å². The molecule has 2 amide bonds. The van der Waals surface area contributed by atoms with E-state index in [4.69, 9.17) is 10.6 Å². The molecule has 0 heterocycles. The lowest BCUT2D eigenvalue weighted by atomic mass is 10.1. The number of hydrogen-bond donors (Lipinski definition) is 3. The van der Waals surface area contributed by atoms with E-state index in [0.717, 1.165) is 5.56 Å². The summed E-state index contributed by atoms with van der Waals surface area (Å²) >= 11 is 0. The molecular formula is C17H21FN4O2. The van der Waals surface area contributed by atoms with Gasteiger partial charge in [-0.2, -0.15) is 0 Å². The van der Waals surface area contributed by atoms with E-state index in [1.807, 2.05) is 23.3 Å². The largest absolute Gasteiger partial charge is 0.495 e. The number of hydrogen-bond acceptors (Lipinski definition) is 4. The summed E-state index contributed by atoms with van der Waals surface area (Å²) < 4.78 is 19.5. The summed E-state index contributed by atoms with van der Waals surface area (Å²) in [5.41, 5.74) is 4.59. The Morgan fingerprint density at radius 1 is 1.29 bits per heavy atom. The number of urea groups is 1. The average molecular weight is 332 g/mol. The average Bonchev–Trinajstić information content (AvgIpc) is 2.57. The molecule has 128 valence electrons. The first-order valence-corrected chi connectivity index (χ1v) is 7.37. The minimum Gasteiger partial charge on any atom is -0.495 e. The zero-order valence-electron chi connectivity index (χ0n) is 13.9. The van der Waals surface area contributed by atoms with Gasteiger partial charge in [0.15, 0.2) is 0 Å². The summed E-state index contributed by atoms with van der Waals surface area (Å²) in [6.07, 6.45) is 0. The van der Waals surface area contributed by atoms with Crippen molar-refractivity contribution in [1.82, 2.24) is 5.43 Å². The van der Waals surface area contributed by atoms with Crippen LogP contribution in [0.3, 0.4) is 0 Å². The van der Waals surface area contributed by atoms with Gasteiger partial charge in [-0.25, -0.2) is 15.0 Å². The number of nitrogens with two attached hydrogens (primary N) is 1. The standard InChI is InChI=1S/C17H21FN4O2/c1-11-6-4-7-13(18)12(11)10-22(2)16-14(20-17(23)21-19)8-5-9-15(16)24-3/h4-9H,10,19H2,1-3H3,(H2,20,21,23). The van der Waals surface area contributed by atoms with Crippen LogP contribution in [-0.4, -0.2) is 20.2 Å². The number of rotatable bonds is 5. The number of nitrogens with one attached hydrogen (secondary N) is 2. The van der Waals surface area contributed by atoms with Crippen LogP contribution < -0.4 is 26.2 Å². The lowest BCUT2D eigenvalue weighted by Crippen LogP contribution is -2.35. The molecule has 0 atom stereocenters. The second-order valence-electron chi connectivity index (χ2n) is 5.35. The molecule has 0 bridgehead atoms. The van der Waals surface area contributed by atoms with E-state index in [1.165, 1.54) is 13.2 Å². The Kier molecular flexibility index (Phi) is 5.59. The fourth-order valence-electron chi connectivity index (χ4n) is 2.52. The molecule has 0 saturated heterocycles. The van der Waals surface area contributed by atoms with E-state index in [-0.39, 0.29) is 5.82 Å². The molecule has 7 heteroatoms. The number of benzene rings is 2. The Labute approximate surface area is 140 Å². The van der Waals surface area contributed by atoms with E-state index in [0.29, 0.717) is 29.2 Å². The third-order valence-electron chi connectivity index (χ3n) is 3.73. The van der Waals surface area contributed by atoms with Crippen LogP contribution in [0.15, 0.2) is 36.4 Å². The van der Waals surface area contributed by atoms with Crippen molar-refractivity contribution in [3.63, 3.8) is 0 Å². The Hall–Kier alpha value is -2.80. The van der Waals surface area contributed by atoms with Crippen molar-refractivity contribution in [1.29, 1.82) is 0 Å². The molecule has 0 radical (unpaired) electrons. The summed E-state index contributed by atoms with van der Waals surface area (Å²) in [4.78, 5) is 13.4. The number of anilines is 2. The Bertz CT molecular complexity index is 716. The molecular weight excluding hydrogens is 311 g/mol. The number of halogens is 1. The number of ether oxygens (including phenoxy) is 1. The Morgan fingerprint density at radius 3 is 2.62 bits per heavy atom. The van der Waals surface area contributed by atoms with Crippen LogP contribution in [0.1, 0.15) is 11.1 Å². The molecule has 4 N–H and O–H groups in total. The van der Waals surface area contributed by atoms with Crippen molar-refractivity contribution in [2.24, 2.45) is 5.84 Å². The summed E-state index contributed by atoms with van der Waals surface area (Å²) in [6.45, 7) is 2.17. The van der Waals surface area contributed by atoms with Crippen LogP contribution in [0.2, 0.25) is 0 Å². The van der Waals surface area contributed by atoms with Gasteiger partial charge in [0.2, 0.25) is 0 Å². The third kappa shape index (κ3) is 3.75. The first-order chi connectivity index (χ1) is 11.5. The number of methoxy groups -OCH3 is 1. The predicted octanol–water partition coefficient (Wildman–Crippen LogP) is 2.77. The zero-order chi connectivity index (χ0) is 17.7. The number of carbonyl (C=O) groups excluding carboxylic acids is 1. The highest BCUT2D eigenvalue weighted by Gasteiger charge is 2.17. The first-order valence-electron chi connectivity index (χ1n) is 7.37. The molecule has 0 spiro atoms. The maximum atomic E-state index is 14.1. The summed E-state index contributed by atoms with van der Waals surface area (Å²) in [7, 11) is 3.34. The van der Waals surface area contributed by atoms with E-state index in [1.54, 1.807) is 31.3 Å². The summed E-state index contributed by atoms with van der Waals surface area (Å²) in [5.74, 6) is 5.41. The van der Waals surface area contributed by atoms with Crippen molar-refractivity contribution >= 4 is 17.4 Å². The van der Waals surface area contributed by atoms with Crippen molar-refractivity contribution in [2.45, 2.75) is 13.5 Å². The fourth-order valence-corrected chi connectivity index (χ4v) is 2.52. The highest BCUT2D eigenvalue weighted by Crippen LogP contribution is 2.36. The van der Waals surface area contributed by atoms with Crippen LogP contribution in [0.4, 0.5) is 20.6 Å². The lowest BCUT2D eigenvalue weighted by molar-refractivity contribution is 0.252. The van der Waals surface area contributed by atoms with Crippen LogP contribution in [-0.2, 0) is 6.54 Å². The minimum atomic E-state index is -0.556. The molecule has 0 aliphatic rings. The second kappa shape index (κ2) is 7.65. The lowest BCUT2D eigenvalue weighted by Gasteiger charge is -2.25. The molecule has 2 rings (SSSR count). The monoisotopic (exact) mass is 332 g/mol. The summed E-state index contributed by atoms with van der Waals surface area (Å²) in [5, 5.41) is 2.64. The third-order valence-corrected chi connectivity index (χ3v) is 3.73. The maximum absolute atomic E-state index is 14.1. The molecule has 2 aromatic carbocycles. The van der Waals surface area contributed by atoms with Crippen molar-refractivity contribution in [3.05, 3.63) is 53.3 Å². The number of aryl methyl sites for hydroxylation is 1. The Balaban J connectivity index is 2.40.